The van der Waals surface area contributed by atoms with Crippen LogP contribution < -0.4 is 10.6 Å². The fourth-order valence-corrected chi connectivity index (χ4v) is 2.97. The van der Waals surface area contributed by atoms with E-state index in [0.29, 0.717) is 15.8 Å². The molecule has 5 nitrogen and oxygen atoms in total. The van der Waals surface area contributed by atoms with Crippen molar-refractivity contribution in [1.29, 1.82) is 0 Å². The molecule has 0 spiro atoms. The molecule has 0 saturated carbocycles. The Bertz CT molecular complexity index is 1030. The Labute approximate surface area is 177 Å². The quantitative estimate of drug-likeness (QED) is 0.405. The smallest absolute Gasteiger partial charge is 0.268 e. The number of allylic oxidation sites excluding steroid dienone is 2. The Hall–Kier alpha value is -3.38. The number of hydrogen-bond acceptors (Lipinski definition) is 3. The number of furan rings is 1. The van der Waals surface area contributed by atoms with Gasteiger partial charge in [-0.25, -0.2) is 0 Å². The summed E-state index contributed by atoms with van der Waals surface area (Å²) in [7, 11) is 0. The average molecular weight is 451 g/mol. The lowest BCUT2D eigenvalue weighted by atomic mass is 10.2. The Morgan fingerprint density at radius 3 is 2.45 bits per heavy atom. The Kier molecular flexibility index (Phi) is 7.19. The van der Waals surface area contributed by atoms with Gasteiger partial charge in [0.05, 0.1) is 18.4 Å². The number of carbonyl (C=O) groups is 2. The standard InChI is InChI=1S/C23H19BrN2O3/c24-20-13-5-4-12-19(20)22(27)26-21(14-6-10-17-8-2-1-3-9-17)23(28)25-16-18-11-7-15-29-18/h1-15H,16H2,(H,25,28)(H,26,27). The van der Waals surface area contributed by atoms with E-state index in [9.17, 15) is 9.59 Å². The number of carbonyl (C=O) groups excluding carboxylic acids is 2. The number of amides is 2. The molecular weight excluding hydrogens is 432 g/mol. The summed E-state index contributed by atoms with van der Waals surface area (Å²) in [5.74, 6) is -0.181. The Morgan fingerprint density at radius 2 is 1.72 bits per heavy atom. The first-order valence-corrected chi connectivity index (χ1v) is 9.72. The van der Waals surface area contributed by atoms with Crippen molar-refractivity contribution in [2.45, 2.75) is 6.54 Å². The molecule has 1 heterocycles. The summed E-state index contributed by atoms with van der Waals surface area (Å²) in [6.07, 6.45) is 6.68. The molecule has 1 aromatic heterocycles. The topological polar surface area (TPSA) is 71.3 Å². The maximum Gasteiger partial charge on any atom is 0.268 e. The molecule has 0 aliphatic carbocycles. The summed E-state index contributed by atoms with van der Waals surface area (Å²) in [6.45, 7) is 0.219. The van der Waals surface area contributed by atoms with E-state index in [4.69, 9.17) is 4.42 Å². The molecule has 0 atom stereocenters. The van der Waals surface area contributed by atoms with Crippen LogP contribution in [0.2, 0.25) is 0 Å². The number of nitrogens with one attached hydrogen (secondary N) is 2. The largest absolute Gasteiger partial charge is 0.467 e. The number of halogens is 1. The van der Waals surface area contributed by atoms with Gasteiger partial charge < -0.3 is 15.1 Å². The SMILES string of the molecule is O=C(NCc1ccco1)C(=CC=Cc1ccccc1)NC(=O)c1ccccc1Br. The van der Waals surface area contributed by atoms with Crippen LogP contribution in [0.15, 0.2) is 99.7 Å². The van der Waals surface area contributed by atoms with Gasteiger partial charge in [-0.3, -0.25) is 9.59 Å². The van der Waals surface area contributed by atoms with Gasteiger partial charge >= 0.3 is 0 Å². The Balaban J connectivity index is 1.77. The van der Waals surface area contributed by atoms with Gasteiger partial charge in [0.2, 0.25) is 0 Å². The van der Waals surface area contributed by atoms with E-state index in [1.54, 1.807) is 42.5 Å². The summed E-state index contributed by atoms with van der Waals surface area (Å²) in [6, 6.07) is 20.2. The van der Waals surface area contributed by atoms with E-state index in [2.05, 4.69) is 26.6 Å². The normalized spacial score (nSPS) is 11.4. The molecule has 6 heteroatoms. The first-order valence-electron chi connectivity index (χ1n) is 8.93. The molecule has 0 unspecified atom stereocenters. The highest BCUT2D eigenvalue weighted by Gasteiger charge is 2.15. The van der Waals surface area contributed by atoms with Crippen molar-refractivity contribution < 1.29 is 14.0 Å². The maximum absolute atomic E-state index is 12.7. The third kappa shape index (κ3) is 6.05. The summed E-state index contributed by atoms with van der Waals surface area (Å²) < 4.78 is 5.87. The monoisotopic (exact) mass is 450 g/mol. The van der Waals surface area contributed by atoms with Gasteiger partial charge in [-0.2, -0.15) is 0 Å². The van der Waals surface area contributed by atoms with E-state index in [1.165, 1.54) is 6.26 Å². The van der Waals surface area contributed by atoms with E-state index in [0.717, 1.165) is 5.56 Å². The molecule has 2 N–H and O–H groups in total. The van der Waals surface area contributed by atoms with Crippen LogP contribution in [0.25, 0.3) is 6.08 Å². The van der Waals surface area contributed by atoms with Gasteiger partial charge in [0.15, 0.2) is 0 Å². The van der Waals surface area contributed by atoms with Crippen molar-refractivity contribution in [3.63, 3.8) is 0 Å². The Morgan fingerprint density at radius 1 is 0.966 bits per heavy atom. The van der Waals surface area contributed by atoms with Gasteiger partial charge in [-0.1, -0.05) is 54.6 Å². The van der Waals surface area contributed by atoms with Crippen LogP contribution in [0.1, 0.15) is 21.7 Å². The average Bonchev–Trinajstić information content (AvgIpc) is 3.26. The second-order valence-electron chi connectivity index (χ2n) is 6.05. The summed E-state index contributed by atoms with van der Waals surface area (Å²) in [4.78, 5) is 25.3. The van der Waals surface area contributed by atoms with Crippen LogP contribution in [0, 0.1) is 0 Å². The van der Waals surface area contributed by atoms with Gasteiger partial charge in [-0.15, -0.1) is 0 Å². The van der Waals surface area contributed by atoms with Crippen LogP contribution in [-0.2, 0) is 11.3 Å². The van der Waals surface area contributed by atoms with Crippen molar-refractivity contribution in [1.82, 2.24) is 10.6 Å². The number of benzene rings is 2. The zero-order valence-corrected chi connectivity index (χ0v) is 17.1. The molecular formula is C23H19BrN2O3. The molecule has 0 fully saturated rings. The summed E-state index contributed by atoms with van der Waals surface area (Å²) in [5, 5.41) is 5.43. The van der Waals surface area contributed by atoms with Crippen molar-refractivity contribution in [2.24, 2.45) is 0 Å². The minimum absolute atomic E-state index is 0.129. The molecule has 29 heavy (non-hydrogen) atoms. The first kappa shape index (κ1) is 20.4. The van der Waals surface area contributed by atoms with Crippen LogP contribution in [-0.4, -0.2) is 11.8 Å². The van der Waals surface area contributed by atoms with Crippen molar-refractivity contribution in [2.75, 3.05) is 0 Å². The highest BCUT2D eigenvalue weighted by atomic mass is 79.9. The van der Waals surface area contributed by atoms with Gasteiger partial charge in [0.25, 0.3) is 11.8 Å². The predicted octanol–water partition coefficient (Wildman–Crippen LogP) is 4.69. The van der Waals surface area contributed by atoms with E-state index < -0.39 is 5.91 Å². The molecule has 0 aliphatic rings. The highest BCUT2D eigenvalue weighted by molar-refractivity contribution is 9.10. The van der Waals surface area contributed by atoms with Gasteiger partial charge in [0.1, 0.15) is 11.5 Å². The molecule has 0 radical (unpaired) electrons. The lowest BCUT2D eigenvalue weighted by molar-refractivity contribution is -0.118. The van der Waals surface area contributed by atoms with Crippen LogP contribution in [0.5, 0.6) is 0 Å². The second-order valence-corrected chi connectivity index (χ2v) is 6.90. The van der Waals surface area contributed by atoms with E-state index in [1.807, 2.05) is 42.5 Å². The molecule has 3 aromatic rings. The lowest BCUT2D eigenvalue weighted by Gasteiger charge is -2.10. The minimum atomic E-state index is -0.417. The molecule has 0 aliphatic heterocycles. The van der Waals surface area contributed by atoms with E-state index in [-0.39, 0.29) is 18.1 Å². The third-order valence-corrected chi connectivity index (χ3v) is 4.66. The van der Waals surface area contributed by atoms with Crippen molar-refractivity contribution in [3.05, 3.63) is 112 Å². The predicted molar refractivity (Wildman–Crippen MR) is 116 cm³/mol. The van der Waals surface area contributed by atoms with Crippen LogP contribution in [0.3, 0.4) is 0 Å². The lowest BCUT2D eigenvalue weighted by Crippen LogP contribution is -2.34. The van der Waals surface area contributed by atoms with Crippen LogP contribution >= 0.6 is 15.9 Å². The first-order chi connectivity index (χ1) is 14.1. The molecule has 2 amide bonds. The zero-order chi connectivity index (χ0) is 20.5. The molecule has 2 aromatic carbocycles. The fraction of sp³-hybridized carbons (Fsp3) is 0.0435. The number of rotatable bonds is 7. The molecule has 0 bridgehead atoms. The van der Waals surface area contributed by atoms with Gasteiger partial charge in [0, 0.05) is 4.47 Å². The van der Waals surface area contributed by atoms with Crippen molar-refractivity contribution >= 4 is 33.8 Å². The van der Waals surface area contributed by atoms with Crippen LogP contribution in [0.4, 0.5) is 0 Å². The third-order valence-electron chi connectivity index (χ3n) is 3.97. The zero-order valence-electron chi connectivity index (χ0n) is 15.5. The molecule has 3 rings (SSSR count). The number of hydrogen-bond donors (Lipinski definition) is 2. The van der Waals surface area contributed by atoms with E-state index >= 15 is 0 Å². The summed E-state index contributed by atoms with van der Waals surface area (Å²) in [5.41, 5.74) is 1.55. The fourth-order valence-electron chi connectivity index (χ4n) is 2.50. The molecule has 0 saturated heterocycles. The van der Waals surface area contributed by atoms with Gasteiger partial charge in [-0.05, 0) is 51.8 Å². The second kappa shape index (κ2) is 10.2. The minimum Gasteiger partial charge on any atom is -0.467 e. The summed E-state index contributed by atoms with van der Waals surface area (Å²) >= 11 is 3.36. The highest BCUT2D eigenvalue weighted by Crippen LogP contribution is 2.16. The maximum atomic E-state index is 12.7. The van der Waals surface area contributed by atoms with Crippen molar-refractivity contribution in [3.8, 4) is 0 Å². The molecule has 146 valence electrons.